The molecule has 1 unspecified atom stereocenters. The Morgan fingerprint density at radius 3 is 2.89 bits per heavy atom. The normalized spacial score (nSPS) is 12.4. The number of carbonyl (C=O) groups is 1. The molecule has 1 aromatic heterocycles. The number of ether oxygens (including phenoxy) is 2. The minimum atomic E-state index is -0.327. The summed E-state index contributed by atoms with van der Waals surface area (Å²) in [6.07, 6.45) is 0. The van der Waals surface area contributed by atoms with Gasteiger partial charge in [-0.15, -0.1) is 0 Å². The lowest BCUT2D eigenvalue weighted by Crippen LogP contribution is -2.24. The van der Waals surface area contributed by atoms with Crippen LogP contribution >= 0.6 is 0 Å². The first-order valence-electron chi connectivity index (χ1n) is 6.16. The highest BCUT2D eigenvalue weighted by Crippen LogP contribution is 2.14. The highest BCUT2D eigenvalue weighted by atomic mass is 16.6. The number of hydrogen-bond donors (Lipinski definition) is 1. The van der Waals surface area contributed by atoms with Crippen LogP contribution in [-0.4, -0.2) is 32.3 Å². The van der Waals surface area contributed by atoms with Gasteiger partial charge in [0.15, 0.2) is 0 Å². The number of rotatable bonds is 8. The zero-order valence-corrected chi connectivity index (χ0v) is 11.2. The van der Waals surface area contributed by atoms with Crippen molar-refractivity contribution in [3.05, 3.63) is 23.7 Å². The third kappa shape index (κ3) is 5.33. The van der Waals surface area contributed by atoms with Crippen LogP contribution in [0.1, 0.15) is 31.4 Å². The molecule has 0 bridgehead atoms. The minimum absolute atomic E-state index is 0.00373. The largest absolute Gasteiger partial charge is 0.465 e. The number of furan rings is 1. The quantitative estimate of drug-likeness (QED) is 0.567. The maximum absolute atomic E-state index is 11.0. The van der Waals surface area contributed by atoms with Crippen LogP contribution < -0.4 is 5.32 Å². The lowest BCUT2D eigenvalue weighted by molar-refractivity contribution is -0.148. The monoisotopic (exact) mass is 255 g/mol. The Hall–Kier alpha value is -1.33. The smallest absolute Gasteiger partial charge is 0.332 e. The van der Waals surface area contributed by atoms with Crippen molar-refractivity contribution in [1.29, 1.82) is 0 Å². The average molecular weight is 255 g/mol. The predicted molar refractivity (Wildman–Crippen MR) is 67.3 cm³/mol. The van der Waals surface area contributed by atoms with Gasteiger partial charge in [0.05, 0.1) is 19.3 Å². The summed E-state index contributed by atoms with van der Waals surface area (Å²) in [5, 5.41) is 3.25. The highest BCUT2D eigenvalue weighted by Gasteiger charge is 2.08. The van der Waals surface area contributed by atoms with Gasteiger partial charge in [0.2, 0.25) is 0 Å². The number of carbonyl (C=O) groups excluding carboxylic acids is 1. The second kappa shape index (κ2) is 7.89. The Morgan fingerprint density at radius 1 is 1.50 bits per heavy atom. The SMILES string of the molecule is CCOC(=O)COCCNC(C)c1ccc(C)o1. The van der Waals surface area contributed by atoms with Crippen molar-refractivity contribution in [2.24, 2.45) is 0 Å². The first-order chi connectivity index (χ1) is 8.63. The van der Waals surface area contributed by atoms with Crippen molar-refractivity contribution in [2.45, 2.75) is 26.8 Å². The van der Waals surface area contributed by atoms with Gasteiger partial charge in [-0.25, -0.2) is 4.79 Å². The summed E-state index contributed by atoms with van der Waals surface area (Å²) in [4.78, 5) is 11.0. The second-order valence-electron chi connectivity index (χ2n) is 3.98. The maximum Gasteiger partial charge on any atom is 0.332 e. The molecule has 1 atom stereocenters. The Balaban J connectivity index is 2.09. The van der Waals surface area contributed by atoms with Crippen LogP contribution in [0.4, 0.5) is 0 Å². The summed E-state index contributed by atoms with van der Waals surface area (Å²) >= 11 is 0. The van der Waals surface area contributed by atoms with Crippen LogP contribution in [0.25, 0.3) is 0 Å². The molecule has 1 rings (SSSR count). The summed E-state index contributed by atoms with van der Waals surface area (Å²) < 4.78 is 15.4. The van der Waals surface area contributed by atoms with Gasteiger partial charge in [-0.1, -0.05) is 0 Å². The minimum Gasteiger partial charge on any atom is -0.465 e. The molecule has 1 heterocycles. The molecule has 0 aromatic carbocycles. The molecule has 0 aliphatic heterocycles. The lowest BCUT2D eigenvalue weighted by Gasteiger charge is -2.11. The molecule has 0 saturated heterocycles. The molecule has 18 heavy (non-hydrogen) atoms. The molecule has 0 aliphatic carbocycles. The summed E-state index contributed by atoms with van der Waals surface area (Å²) in [6.45, 7) is 7.21. The zero-order chi connectivity index (χ0) is 13.4. The van der Waals surface area contributed by atoms with Crippen molar-refractivity contribution < 1.29 is 18.7 Å². The summed E-state index contributed by atoms with van der Waals surface area (Å²) in [5.41, 5.74) is 0. The van der Waals surface area contributed by atoms with E-state index in [0.717, 1.165) is 11.5 Å². The fourth-order valence-corrected chi connectivity index (χ4v) is 1.49. The van der Waals surface area contributed by atoms with E-state index in [1.807, 2.05) is 26.0 Å². The molecular formula is C13H21NO4. The van der Waals surface area contributed by atoms with E-state index in [2.05, 4.69) is 5.32 Å². The fourth-order valence-electron chi connectivity index (χ4n) is 1.49. The zero-order valence-electron chi connectivity index (χ0n) is 11.2. The van der Waals surface area contributed by atoms with Crippen molar-refractivity contribution in [1.82, 2.24) is 5.32 Å². The van der Waals surface area contributed by atoms with E-state index in [0.29, 0.717) is 19.8 Å². The number of nitrogens with one attached hydrogen (secondary N) is 1. The third-order valence-electron chi connectivity index (χ3n) is 2.41. The van der Waals surface area contributed by atoms with Gasteiger partial charge in [-0.2, -0.15) is 0 Å². The van der Waals surface area contributed by atoms with E-state index in [1.165, 1.54) is 0 Å². The van der Waals surface area contributed by atoms with Crippen LogP contribution in [0, 0.1) is 6.92 Å². The standard InChI is InChI=1S/C13H21NO4/c1-4-17-13(15)9-16-8-7-14-11(3)12-6-5-10(2)18-12/h5-6,11,14H,4,7-9H2,1-3H3. The van der Waals surface area contributed by atoms with Gasteiger partial charge in [0.1, 0.15) is 18.1 Å². The summed E-state index contributed by atoms with van der Waals surface area (Å²) in [5.74, 6) is 1.47. The van der Waals surface area contributed by atoms with Crippen molar-refractivity contribution in [2.75, 3.05) is 26.4 Å². The Kier molecular flexibility index (Phi) is 6.46. The Morgan fingerprint density at radius 2 is 2.28 bits per heavy atom. The Bertz CT molecular complexity index is 362. The highest BCUT2D eigenvalue weighted by molar-refractivity contribution is 5.70. The van der Waals surface area contributed by atoms with Gasteiger partial charge in [0, 0.05) is 6.54 Å². The summed E-state index contributed by atoms with van der Waals surface area (Å²) in [7, 11) is 0. The van der Waals surface area contributed by atoms with Gasteiger partial charge < -0.3 is 19.2 Å². The molecule has 5 heteroatoms. The average Bonchev–Trinajstić information content (AvgIpc) is 2.75. The fraction of sp³-hybridized carbons (Fsp3) is 0.615. The summed E-state index contributed by atoms with van der Waals surface area (Å²) in [6, 6.07) is 4.02. The molecule has 0 fully saturated rings. The molecule has 1 N–H and O–H groups in total. The van der Waals surface area contributed by atoms with Crippen LogP contribution in [0.5, 0.6) is 0 Å². The van der Waals surface area contributed by atoms with Gasteiger partial charge in [0.25, 0.3) is 0 Å². The van der Waals surface area contributed by atoms with E-state index >= 15 is 0 Å². The van der Waals surface area contributed by atoms with E-state index in [-0.39, 0.29) is 18.6 Å². The molecule has 0 aliphatic rings. The van der Waals surface area contributed by atoms with Gasteiger partial charge in [-0.3, -0.25) is 0 Å². The topological polar surface area (TPSA) is 60.7 Å². The van der Waals surface area contributed by atoms with Crippen LogP contribution in [-0.2, 0) is 14.3 Å². The molecule has 102 valence electrons. The van der Waals surface area contributed by atoms with Crippen LogP contribution in [0.3, 0.4) is 0 Å². The van der Waals surface area contributed by atoms with Gasteiger partial charge in [-0.05, 0) is 32.9 Å². The Labute approximate surface area is 107 Å². The lowest BCUT2D eigenvalue weighted by atomic mass is 10.2. The molecule has 0 spiro atoms. The first-order valence-corrected chi connectivity index (χ1v) is 6.16. The molecule has 0 amide bonds. The predicted octanol–water partition coefficient (Wildman–Crippen LogP) is 1.82. The van der Waals surface area contributed by atoms with E-state index in [4.69, 9.17) is 13.9 Å². The van der Waals surface area contributed by atoms with Crippen LogP contribution in [0.2, 0.25) is 0 Å². The van der Waals surface area contributed by atoms with E-state index in [1.54, 1.807) is 6.92 Å². The molecule has 1 aromatic rings. The molecule has 0 saturated carbocycles. The number of aryl methyl sites for hydroxylation is 1. The number of esters is 1. The maximum atomic E-state index is 11.0. The second-order valence-corrected chi connectivity index (χ2v) is 3.98. The molecular weight excluding hydrogens is 234 g/mol. The van der Waals surface area contributed by atoms with Crippen molar-refractivity contribution in [3.63, 3.8) is 0 Å². The molecule has 5 nitrogen and oxygen atoms in total. The van der Waals surface area contributed by atoms with E-state index in [9.17, 15) is 4.79 Å². The van der Waals surface area contributed by atoms with Crippen molar-refractivity contribution >= 4 is 5.97 Å². The molecule has 0 radical (unpaired) electrons. The van der Waals surface area contributed by atoms with Gasteiger partial charge >= 0.3 is 5.97 Å². The van der Waals surface area contributed by atoms with Crippen LogP contribution in [0.15, 0.2) is 16.5 Å². The third-order valence-corrected chi connectivity index (χ3v) is 2.41. The number of hydrogen-bond acceptors (Lipinski definition) is 5. The van der Waals surface area contributed by atoms with E-state index < -0.39 is 0 Å². The first kappa shape index (κ1) is 14.7. The van der Waals surface area contributed by atoms with Crippen molar-refractivity contribution in [3.8, 4) is 0 Å².